The van der Waals surface area contributed by atoms with E-state index >= 15 is 0 Å². The fraction of sp³-hybridized carbons (Fsp3) is 0.238. The van der Waals surface area contributed by atoms with E-state index in [1.165, 1.54) is 12.1 Å². The zero-order valence-electron chi connectivity index (χ0n) is 15.9. The maximum Gasteiger partial charge on any atom is 0.413 e. The van der Waals surface area contributed by atoms with Gasteiger partial charge in [-0.05, 0) is 30.7 Å². The van der Waals surface area contributed by atoms with E-state index in [2.05, 4.69) is 13.2 Å². The number of ether oxygens (including phenoxy) is 1. The second-order valence-electron chi connectivity index (χ2n) is 6.39. The van der Waals surface area contributed by atoms with Crippen molar-refractivity contribution >= 4 is 10.0 Å². The third kappa shape index (κ3) is 6.03. The third-order valence-electron chi connectivity index (χ3n) is 4.12. The molecule has 4 nitrogen and oxygen atoms in total. The van der Waals surface area contributed by atoms with Crippen LogP contribution in [-0.4, -0.2) is 31.7 Å². The quantitative estimate of drug-likeness (QED) is 0.427. The highest BCUT2D eigenvalue weighted by atomic mass is 32.2. The van der Waals surface area contributed by atoms with Crippen molar-refractivity contribution in [2.45, 2.75) is 30.8 Å². The first kappa shape index (κ1) is 22.9. The molecule has 2 rings (SSSR count). The van der Waals surface area contributed by atoms with Gasteiger partial charge < -0.3 is 4.74 Å². The molecule has 1 atom stereocenters. The zero-order valence-corrected chi connectivity index (χ0v) is 16.7. The number of rotatable bonds is 9. The molecular formula is C21H22F3NO3S. The van der Waals surface area contributed by atoms with E-state index in [0.717, 1.165) is 17.2 Å². The van der Waals surface area contributed by atoms with E-state index in [0.29, 0.717) is 4.31 Å². The van der Waals surface area contributed by atoms with Crippen molar-refractivity contribution in [1.29, 1.82) is 0 Å². The Morgan fingerprint density at radius 3 is 2.24 bits per heavy atom. The molecule has 156 valence electrons. The van der Waals surface area contributed by atoms with Crippen molar-refractivity contribution in [2.75, 3.05) is 6.54 Å². The normalized spacial score (nSPS) is 13.3. The Morgan fingerprint density at radius 1 is 1.14 bits per heavy atom. The molecule has 0 spiro atoms. The van der Waals surface area contributed by atoms with E-state index in [-0.39, 0.29) is 11.5 Å². The molecule has 0 aliphatic carbocycles. The third-order valence-corrected chi connectivity index (χ3v) is 5.95. The number of alkyl halides is 3. The molecule has 0 bridgehead atoms. The SMILES string of the molecule is C=CC(OCc1ccccc1)N(CC(=C)C(F)(F)F)S(=O)(=O)c1ccc(C)cc1. The van der Waals surface area contributed by atoms with Crippen molar-refractivity contribution in [3.63, 3.8) is 0 Å². The van der Waals surface area contributed by atoms with Gasteiger partial charge in [-0.2, -0.15) is 17.5 Å². The van der Waals surface area contributed by atoms with Gasteiger partial charge in [0.1, 0.15) is 6.23 Å². The summed E-state index contributed by atoms with van der Waals surface area (Å²) in [7, 11) is -4.31. The summed E-state index contributed by atoms with van der Waals surface area (Å²) in [4.78, 5) is -0.145. The van der Waals surface area contributed by atoms with Crippen LogP contribution in [0.15, 0.2) is 84.3 Å². The molecule has 8 heteroatoms. The summed E-state index contributed by atoms with van der Waals surface area (Å²) < 4.78 is 71.7. The van der Waals surface area contributed by atoms with Crippen molar-refractivity contribution in [1.82, 2.24) is 4.31 Å². The Morgan fingerprint density at radius 2 is 1.72 bits per heavy atom. The molecule has 0 N–H and O–H groups in total. The summed E-state index contributed by atoms with van der Waals surface area (Å²) in [5, 5.41) is 0. The van der Waals surface area contributed by atoms with E-state index in [1.54, 1.807) is 49.4 Å². The zero-order chi connectivity index (χ0) is 21.7. The molecular weight excluding hydrogens is 403 g/mol. The fourth-order valence-corrected chi connectivity index (χ4v) is 3.96. The minimum Gasteiger partial charge on any atom is -0.354 e. The minimum absolute atomic E-state index is 0.00403. The first-order valence-electron chi connectivity index (χ1n) is 8.67. The lowest BCUT2D eigenvalue weighted by atomic mass is 10.2. The first-order chi connectivity index (χ1) is 13.6. The molecule has 2 aromatic carbocycles. The highest BCUT2D eigenvalue weighted by molar-refractivity contribution is 7.89. The maximum absolute atomic E-state index is 13.1. The van der Waals surface area contributed by atoms with Crippen LogP contribution in [0.2, 0.25) is 0 Å². The van der Waals surface area contributed by atoms with Crippen LogP contribution >= 0.6 is 0 Å². The van der Waals surface area contributed by atoms with Crippen molar-refractivity contribution in [2.24, 2.45) is 0 Å². The van der Waals surface area contributed by atoms with Gasteiger partial charge >= 0.3 is 6.18 Å². The number of benzene rings is 2. The number of hydrogen-bond donors (Lipinski definition) is 0. The second kappa shape index (κ2) is 9.39. The van der Waals surface area contributed by atoms with E-state index < -0.39 is 34.5 Å². The monoisotopic (exact) mass is 425 g/mol. The Labute approximate surface area is 169 Å². The molecule has 0 saturated heterocycles. The van der Waals surface area contributed by atoms with Crippen molar-refractivity contribution in [3.05, 3.63) is 90.5 Å². The Balaban J connectivity index is 2.37. The topological polar surface area (TPSA) is 46.6 Å². The Hall–Kier alpha value is -2.42. The second-order valence-corrected chi connectivity index (χ2v) is 8.28. The van der Waals surface area contributed by atoms with Crippen molar-refractivity contribution < 1.29 is 26.3 Å². The molecule has 0 radical (unpaired) electrons. The smallest absolute Gasteiger partial charge is 0.354 e. The summed E-state index contributed by atoms with van der Waals surface area (Å²) in [6.07, 6.45) is -4.91. The molecule has 0 aliphatic heterocycles. The van der Waals surface area contributed by atoms with E-state index in [9.17, 15) is 21.6 Å². The number of aryl methyl sites for hydroxylation is 1. The molecule has 0 amide bonds. The number of nitrogens with zero attached hydrogens (tertiary/aromatic N) is 1. The van der Waals surface area contributed by atoms with Crippen LogP contribution in [0.25, 0.3) is 0 Å². The van der Waals surface area contributed by atoms with Gasteiger partial charge in [-0.3, -0.25) is 0 Å². The Kier molecular flexibility index (Phi) is 7.40. The molecule has 0 aromatic heterocycles. The molecule has 2 aromatic rings. The van der Waals surface area contributed by atoms with Crippen LogP contribution in [0.4, 0.5) is 13.2 Å². The molecule has 0 saturated carbocycles. The Bertz CT molecular complexity index is 939. The lowest BCUT2D eigenvalue weighted by molar-refractivity contribution is -0.0969. The van der Waals surface area contributed by atoms with Gasteiger partial charge in [0.05, 0.1) is 11.5 Å². The highest BCUT2D eigenvalue weighted by Crippen LogP contribution is 2.29. The van der Waals surface area contributed by atoms with Gasteiger partial charge in [-0.25, -0.2) is 8.42 Å². The van der Waals surface area contributed by atoms with Gasteiger partial charge in [-0.15, -0.1) is 0 Å². The highest BCUT2D eigenvalue weighted by Gasteiger charge is 2.38. The fourth-order valence-electron chi connectivity index (χ4n) is 2.46. The van der Waals surface area contributed by atoms with Crippen LogP contribution < -0.4 is 0 Å². The summed E-state index contributed by atoms with van der Waals surface area (Å²) in [6, 6.07) is 14.7. The molecule has 1 unspecified atom stereocenters. The maximum atomic E-state index is 13.1. The lowest BCUT2D eigenvalue weighted by Gasteiger charge is -2.30. The van der Waals surface area contributed by atoms with E-state index in [4.69, 9.17) is 4.74 Å². The largest absolute Gasteiger partial charge is 0.413 e. The molecule has 0 heterocycles. The van der Waals surface area contributed by atoms with Crippen LogP contribution in [0.3, 0.4) is 0 Å². The first-order valence-corrected chi connectivity index (χ1v) is 10.1. The summed E-state index contributed by atoms with van der Waals surface area (Å²) >= 11 is 0. The average molecular weight is 425 g/mol. The van der Waals surface area contributed by atoms with Gasteiger partial charge in [0.2, 0.25) is 10.0 Å². The summed E-state index contributed by atoms with van der Waals surface area (Å²) in [6.45, 7) is 7.33. The lowest BCUT2D eigenvalue weighted by Crippen LogP contribution is -2.43. The minimum atomic E-state index is -4.74. The standard InChI is InChI=1S/C21H22F3NO3S/c1-4-20(28-15-18-8-6-5-7-9-18)25(14-17(3)21(22,23)24)29(26,27)19-12-10-16(2)11-13-19/h4-13,20H,1,3,14-15H2,2H3. The van der Waals surface area contributed by atoms with Crippen LogP contribution in [0.5, 0.6) is 0 Å². The van der Waals surface area contributed by atoms with Gasteiger partial charge in [0.15, 0.2) is 0 Å². The summed E-state index contributed by atoms with van der Waals surface area (Å²) in [5.41, 5.74) is 0.348. The van der Waals surface area contributed by atoms with Crippen LogP contribution in [0.1, 0.15) is 11.1 Å². The van der Waals surface area contributed by atoms with Gasteiger partial charge in [0, 0.05) is 12.1 Å². The molecule has 0 aliphatic rings. The predicted octanol–water partition coefficient (Wildman–Crippen LogP) is 4.83. The molecule has 0 fully saturated rings. The summed E-state index contributed by atoms with van der Waals surface area (Å²) in [5.74, 6) is 0. The number of sulfonamides is 1. The van der Waals surface area contributed by atoms with Crippen molar-refractivity contribution in [3.8, 4) is 0 Å². The van der Waals surface area contributed by atoms with Gasteiger partial charge in [-0.1, -0.05) is 61.2 Å². The van der Waals surface area contributed by atoms with Crippen LogP contribution in [0, 0.1) is 6.92 Å². The number of halogens is 3. The predicted molar refractivity (Wildman–Crippen MR) is 105 cm³/mol. The number of hydrogen-bond acceptors (Lipinski definition) is 3. The van der Waals surface area contributed by atoms with Crippen LogP contribution in [-0.2, 0) is 21.4 Å². The average Bonchev–Trinajstić information content (AvgIpc) is 2.67. The molecule has 29 heavy (non-hydrogen) atoms. The van der Waals surface area contributed by atoms with E-state index in [1.807, 2.05) is 0 Å². The van der Waals surface area contributed by atoms with Gasteiger partial charge in [0.25, 0.3) is 0 Å².